The third-order valence-electron chi connectivity index (χ3n) is 15.8. The van der Waals surface area contributed by atoms with Gasteiger partial charge in [-0.1, -0.05) is 347 Å². The second-order valence-electron chi connectivity index (χ2n) is 23.2. The van der Waals surface area contributed by atoms with E-state index in [9.17, 15) is 19.8 Å². The summed E-state index contributed by atoms with van der Waals surface area (Å²) in [6.45, 7) is 4.94. The summed E-state index contributed by atoms with van der Waals surface area (Å²) < 4.78 is 5.50. The molecule has 0 rings (SSSR count). The van der Waals surface area contributed by atoms with Crippen molar-refractivity contribution in [2.45, 2.75) is 392 Å². The number of nitrogens with one attached hydrogen (secondary N) is 1. The second-order valence-corrected chi connectivity index (χ2v) is 23.2. The number of carbonyl (C=O) groups is 2. The first kappa shape index (κ1) is 71.6. The standard InChI is InChI=1S/C67H131NO5/c1-3-5-7-9-11-13-15-17-19-27-31-35-39-43-47-51-55-59-65(70)64(63-69)68-66(71)60-56-52-48-44-40-36-32-29-25-23-21-22-24-26-30-34-38-42-46-50-54-58-62-73-67(72)61-57-53-49-45-41-37-33-28-20-18-16-14-12-10-8-6-4-2/h55,59,64-65,69-70H,3-54,56-58,60-63H2,1-2H3,(H,68,71)/b59-55+. The Kier molecular flexibility index (Phi) is 61.9. The van der Waals surface area contributed by atoms with Crippen molar-refractivity contribution in [1.29, 1.82) is 0 Å². The molecule has 434 valence electrons. The number of unbranched alkanes of at least 4 members (excludes halogenated alkanes) is 52. The van der Waals surface area contributed by atoms with Crippen LogP contribution in [0.2, 0.25) is 0 Å². The van der Waals surface area contributed by atoms with Gasteiger partial charge in [-0.25, -0.2) is 0 Å². The summed E-state index contributed by atoms with van der Waals surface area (Å²) in [5, 5.41) is 23.2. The molecule has 0 bridgehead atoms. The minimum absolute atomic E-state index is 0.0176. The maximum Gasteiger partial charge on any atom is 0.305 e. The first-order valence-corrected chi connectivity index (χ1v) is 33.5. The van der Waals surface area contributed by atoms with Crippen LogP contribution in [-0.4, -0.2) is 47.4 Å². The molecule has 0 aromatic carbocycles. The van der Waals surface area contributed by atoms with E-state index in [1.54, 1.807) is 6.08 Å². The van der Waals surface area contributed by atoms with Crippen molar-refractivity contribution in [2.24, 2.45) is 0 Å². The normalized spacial score (nSPS) is 12.5. The van der Waals surface area contributed by atoms with Crippen LogP contribution in [-0.2, 0) is 14.3 Å². The van der Waals surface area contributed by atoms with E-state index in [2.05, 4.69) is 19.2 Å². The molecule has 0 spiro atoms. The van der Waals surface area contributed by atoms with Gasteiger partial charge in [0.15, 0.2) is 0 Å². The summed E-state index contributed by atoms with van der Waals surface area (Å²) in [5.74, 6) is -0.0471. The van der Waals surface area contributed by atoms with E-state index in [1.165, 1.54) is 315 Å². The van der Waals surface area contributed by atoms with E-state index in [0.717, 1.165) is 38.5 Å². The van der Waals surface area contributed by atoms with Crippen molar-refractivity contribution in [2.75, 3.05) is 13.2 Å². The second kappa shape index (κ2) is 63.1. The van der Waals surface area contributed by atoms with Gasteiger partial charge in [-0.3, -0.25) is 9.59 Å². The predicted molar refractivity (Wildman–Crippen MR) is 320 cm³/mol. The Labute approximate surface area is 457 Å². The molecule has 0 aliphatic heterocycles. The van der Waals surface area contributed by atoms with Gasteiger partial charge in [0.05, 0.1) is 25.4 Å². The molecule has 73 heavy (non-hydrogen) atoms. The lowest BCUT2D eigenvalue weighted by Crippen LogP contribution is -2.45. The summed E-state index contributed by atoms with van der Waals surface area (Å²) in [4.78, 5) is 24.6. The Morgan fingerprint density at radius 2 is 0.630 bits per heavy atom. The number of aliphatic hydroxyl groups excluding tert-OH is 2. The van der Waals surface area contributed by atoms with Crippen LogP contribution in [0.4, 0.5) is 0 Å². The van der Waals surface area contributed by atoms with Crippen LogP contribution in [0.5, 0.6) is 0 Å². The van der Waals surface area contributed by atoms with E-state index in [4.69, 9.17) is 4.74 Å². The van der Waals surface area contributed by atoms with Gasteiger partial charge >= 0.3 is 5.97 Å². The largest absolute Gasteiger partial charge is 0.466 e. The van der Waals surface area contributed by atoms with Gasteiger partial charge in [0, 0.05) is 12.8 Å². The summed E-state index contributed by atoms with van der Waals surface area (Å²) in [7, 11) is 0. The van der Waals surface area contributed by atoms with Crippen molar-refractivity contribution in [3.05, 3.63) is 12.2 Å². The molecule has 0 saturated carbocycles. The fourth-order valence-corrected chi connectivity index (χ4v) is 10.7. The van der Waals surface area contributed by atoms with Crippen LogP contribution >= 0.6 is 0 Å². The number of hydrogen-bond acceptors (Lipinski definition) is 5. The number of allylic oxidation sites excluding steroid dienone is 1. The molecular weight excluding hydrogens is 899 g/mol. The van der Waals surface area contributed by atoms with E-state index in [0.29, 0.717) is 19.4 Å². The number of carbonyl (C=O) groups excluding carboxylic acids is 2. The maximum atomic E-state index is 12.5. The number of hydrogen-bond donors (Lipinski definition) is 3. The first-order valence-electron chi connectivity index (χ1n) is 33.5. The third kappa shape index (κ3) is 59.7. The van der Waals surface area contributed by atoms with Gasteiger partial charge in [0.25, 0.3) is 0 Å². The number of ether oxygens (including phenoxy) is 1. The third-order valence-corrected chi connectivity index (χ3v) is 15.8. The minimum atomic E-state index is -0.844. The molecule has 0 aliphatic carbocycles. The highest BCUT2D eigenvalue weighted by Gasteiger charge is 2.18. The number of aliphatic hydroxyl groups is 2. The molecule has 0 radical (unpaired) electrons. The van der Waals surface area contributed by atoms with Crippen LogP contribution in [0.1, 0.15) is 380 Å². The molecule has 3 N–H and O–H groups in total. The van der Waals surface area contributed by atoms with Crippen LogP contribution in [0, 0.1) is 0 Å². The lowest BCUT2D eigenvalue weighted by Gasteiger charge is -2.20. The van der Waals surface area contributed by atoms with Gasteiger partial charge in [-0.2, -0.15) is 0 Å². The number of esters is 1. The monoisotopic (exact) mass is 1030 g/mol. The van der Waals surface area contributed by atoms with Gasteiger partial charge in [0.1, 0.15) is 0 Å². The van der Waals surface area contributed by atoms with E-state index >= 15 is 0 Å². The van der Waals surface area contributed by atoms with E-state index in [1.807, 2.05) is 6.08 Å². The zero-order valence-electron chi connectivity index (χ0n) is 49.6. The number of amides is 1. The molecule has 2 unspecified atom stereocenters. The van der Waals surface area contributed by atoms with Crippen molar-refractivity contribution < 1.29 is 24.5 Å². The average molecular weight is 1030 g/mol. The number of rotatable bonds is 63. The Balaban J connectivity index is 3.38. The molecular formula is C67H131NO5. The fourth-order valence-electron chi connectivity index (χ4n) is 10.7. The Morgan fingerprint density at radius 3 is 0.932 bits per heavy atom. The van der Waals surface area contributed by atoms with Crippen LogP contribution in [0.3, 0.4) is 0 Å². The highest BCUT2D eigenvalue weighted by Crippen LogP contribution is 2.19. The molecule has 6 nitrogen and oxygen atoms in total. The highest BCUT2D eigenvalue weighted by atomic mass is 16.5. The van der Waals surface area contributed by atoms with Crippen LogP contribution in [0.15, 0.2) is 12.2 Å². The summed E-state index contributed by atoms with van der Waals surface area (Å²) >= 11 is 0. The maximum absolute atomic E-state index is 12.5. The van der Waals surface area contributed by atoms with Crippen molar-refractivity contribution >= 4 is 11.9 Å². The minimum Gasteiger partial charge on any atom is -0.466 e. The van der Waals surface area contributed by atoms with Crippen molar-refractivity contribution in [3.8, 4) is 0 Å². The van der Waals surface area contributed by atoms with Crippen LogP contribution < -0.4 is 5.32 Å². The summed E-state index contributed by atoms with van der Waals surface area (Å²) in [6.07, 6.45) is 77.0. The Hall–Kier alpha value is -1.40. The molecule has 2 atom stereocenters. The molecule has 0 fully saturated rings. The highest BCUT2D eigenvalue weighted by molar-refractivity contribution is 5.76. The average Bonchev–Trinajstić information content (AvgIpc) is 3.39. The first-order chi connectivity index (χ1) is 36.0. The van der Waals surface area contributed by atoms with Gasteiger partial charge < -0.3 is 20.3 Å². The van der Waals surface area contributed by atoms with Crippen molar-refractivity contribution in [1.82, 2.24) is 5.32 Å². The van der Waals surface area contributed by atoms with Gasteiger partial charge in [-0.05, 0) is 32.1 Å². The Morgan fingerprint density at radius 1 is 0.370 bits per heavy atom. The van der Waals surface area contributed by atoms with E-state index in [-0.39, 0.29) is 18.5 Å². The molecule has 0 saturated heterocycles. The summed E-state index contributed by atoms with van der Waals surface area (Å²) in [6, 6.07) is -0.627. The molecule has 0 aliphatic rings. The fraction of sp³-hybridized carbons (Fsp3) is 0.940. The lowest BCUT2D eigenvalue weighted by molar-refractivity contribution is -0.143. The molecule has 0 aromatic rings. The SMILES string of the molecule is CCCCCCCCCCCCCCCCC/C=C/C(O)C(CO)NC(=O)CCCCCCCCCCCCCCCCCCCCCCCCOC(=O)CCCCCCCCCCCCCCCCCCC. The molecule has 1 amide bonds. The smallest absolute Gasteiger partial charge is 0.305 e. The summed E-state index contributed by atoms with van der Waals surface area (Å²) in [5.41, 5.74) is 0. The molecule has 0 heterocycles. The Bertz CT molecular complexity index is 1100. The van der Waals surface area contributed by atoms with E-state index < -0.39 is 12.1 Å². The predicted octanol–water partition coefficient (Wildman–Crippen LogP) is 21.2. The van der Waals surface area contributed by atoms with Gasteiger partial charge in [0.2, 0.25) is 5.91 Å². The van der Waals surface area contributed by atoms with Gasteiger partial charge in [-0.15, -0.1) is 0 Å². The van der Waals surface area contributed by atoms with Crippen LogP contribution in [0.25, 0.3) is 0 Å². The zero-order valence-corrected chi connectivity index (χ0v) is 49.6. The topological polar surface area (TPSA) is 95.9 Å². The lowest BCUT2D eigenvalue weighted by atomic mass is 10.0. The quantitative estimate of drug-likeness (QED) is 0.0320. The zero-order chi connectivity index (χ0) is 52.9. The molecule has 0 aromatic heterocycles. The molecule has 6 heteroatoms. The van der Waals surface area contributed by atoms with Crippen molar-refractivity contribution in [3.63, 3.8) is 0 Å².